The zero-order valence-electron chi connectivity index (χ0n) is 16.3. The highest BCUT2D eigenvalue weighted by atomic mass is 16.2. The Labute approximate surface area is 165 Å². The summed E-state index contributed by atoms with van der Waals surface area (Å²) in [6, 6.07) is 14.5. The Morgan fingerprint density at radius 1 is 1.21 bits per heavy atom. The topological polar surface area (TPSA) is 52.9 Å². The number of para-hydroxylation sites is 1. The van der Waals surface area contributed by atoms with Gasteiger partial charge >= 0.3 is 6.03 Å². The van der Waals surface area contributed by atoms with Gasteiger partial charge in [-0.1, -0.05) is 24.3 Å². The smallest absolute Gasteiger partial charge is 0.317 e. The zero-order valence-corrected chi connectivity index (χ0v) is 16.3. The van der Waals surface area contributed by atoms with Crippen LogP contribution in [0.25, 0.3) is 5.65 Å². The maximum atomic E-state index is 12.4. The summed E-state index contributed by atoms with van der Waals surface area (Å²) in [4.78, 5) is 20.9. The Kier molecular flexibility index (Phi) is 5.46. The van der Waals surface area contributed by atoms with Crippen LogP contribution in [0.15, 0.2) is 54.9 Å². The first kappa shape index (κ1) is 18.3. The number of carbonyl (C=O) groups excluding carboxylic acids is 1. The molecule has 0 saturated carbocycles. The molecule has 2 amide bonds. The molecule has 0 bridgehead atoms. The summed E-state index contributed by atoms with van der Waals surface area (Å²) in [6.07, 6.45) is 7.10. The van der Waals surface area contributed by atoms with Crippen molar-refractivity contribution in [2.24, 2.45) is 0 Å². The van der Waals surface area contributed by atoms with E-state index in [1.54, 1.807) is 4.90 Å². The highest BCUT2D eigenvalue weighted by molar-refractivity contribution is 5.73. The van der Waals surface area contributed by atoms with E-state index < -0.39 is 0 Å². The van der Waals surface area contributed by atoms with Crippen LogP contribution in [0.3, 0.4) is 0 Å². The maximum Gasteiger partial charge on any atom is 0.317 e. The molecule has 3 heterocycles. The second-order valence-electron chi connectivity index (χ2n) is 7.34. The molecule has 0 fully saturated rings. The van der Waals surface area contributed by atoms with Crippen molar-refractivity contribution < 1.29 is 4.79 Å². The average molecular weight is 377 g/mol. The molecule has 6 heteroatoms. The van der Waals surface area contributed by atoms with E-state index in [1.165, 1.54) is 17.7 Å². The lowest BCUT2D eigenvalue weighted by Crippen LogP contribution is -2.39. The second-order valence-corrected chi connectivity index (χ2v) is 7.34. The third-order valence-corrected chi connectivity index (χ3v) is 5.33. The van der Waals surface area contributed by atoms with Crippen LogP contribution in [0.4, 0.5) is 10.5 Å². The Balaban J connectivity index is 1.25. The predicted molar refractivity (Wildman–Crippen MR) is 112 cm³/mol. The molecule has 0 unspecified atom stereocenters. The molecule has 0 atom stereocenters. The van der Waals surface area contributed by atoms with Gasteiger partial charge in [0, 0.05) is 38.6 Å². The van der Waals surface area contributed by atoms with Crippen LogP contribution < -0.4 is 10.2 Å². The van der Waals surface area contributed by atoms with Crippen LogP contribution in [-0.4, -0.2) is 47.0 Å². The molecule has 3 aromatic rings. The van der Waals surface area contributed by atoms with Crippen LogP contribution in [0.1, 0.15) is 24.1 Å². The summed E-state index contributed by atoms with van der Waals surface area (Å²) in [5, 5.41) is 3.04. The molecule has 0 radical (unpaired) electrons. The number of amides is 2. The van der Waals surface area contributed by atoms with Crippen molar-refractivity contribution in [1.82, 2.24) is 19.6 Å². The van der Waals surface area contributed by atoms with E-state index in [-0.39, 0.29) is 6.03 Å². The van der Waals surface area contributed by atoms with Gasteiger partial charge in [0.2, 0.25) is 0 Å². The number of benzene rings is 1. The number of imidazole rings is 1. The Morgan fingerprint density at radius 3 is 3.00 bits per heavy atom. The molecule has 0 spiro atoms. The maximum absolute atomic E-state index is 12.4. The average Bonchev–Trinajstić information content (AvgIpc) is 3.14. The summed E-state index contributed by atoms with van der Waals surface area (Å²) in [6.45, 7) is 3.26. The molecular weight excluding hydrogens is 350 g/mol. The summed E-state index contributed by atoms with van der Waals surface area (Å²) in [5.74, 6) is 0. The van der Waals surface area contributed by atoms with Crippen molar-refractivity contribution >= 4 is 17.4 Å². The van der Waals surface area contributed by atoms with Gasteiger partial charge in [-0.3, -0.25) is 0 Å². The second kappa shape index (κ2) is 8.33. The SMILES string of the molecule is CN(Cc1cnc2ccccn12)C(=O)NCCCN1CCCc2ccccc21. The van der Waals surface area contributed by atoms with Crippen molar-refractivity contribution in [3.05, 3.63) is 66.1 Å². The first-order valence-electron chi connectivity index (χ1n) is 9.95. The van der Waals surface area contributed by atoms with E-state index in [9.17, 15) is 4.79 Å². The van der Waals surface area contributed by atoms with Crippen LogP contribution >= 0.6 is 0 Å². The Bertz CT molecular complexity index is 951. The highest BCUT2D eigenvalue weighted by Gasteiger charge is 2.16. The first-order valence-corrected chi connectivity index (χ1v) is 9.95. The van der Waals surface area contributed by atoms with Gasteiger partial charge < -0.3 is 19.5 Å². The quantitative estimate of drug-likeness (QED) is 0.671. The molecule has 1 aromatic carbocycles. The van der Waals surface area contributed by atoms with Gasteiger partial charge in [0.25, 0.3) is 0 Å². The molecule has 0 saturated heterocycles. The standard InChI is InChI=1S/C22H27N5O/c1-25(17-19-16-24-21-11-4-5-15-27(19)21)22(28)23-12-7-14-26-13-6-9-18-8-2-3-10-20(18)26/h2-5,8,10-11,15-16H,6-7,9,12-14,17H2,1H3,(H,23,28). The van der Waals surface area contributed by atoms with Gasteiger partial charge in [0.05, 0.1) is 18.4 Å². The van der Waals surface area contributed by atoms with Crippen molar-refractivity contribution in [2.75, 3.05) is 31.6 Å². The van der Waals surface area contributed by atoms with Crippen LogP contribution in [-0.2, 0) is 13.0 Å². The van der Waals surface area contributed by atoms with Gasteiger partial charge in [0.1, 0.15) is 5.65 Å². The van der Waals surface area contributed by atoms with Gasteiger partial charge in [-0.25, -0.2) is 9.78 Å². The summed E-state index contributed by atoms with van der Waals surface area (Å²) in [5.41, 5.74) is 4.68. The molecule has 2 aromatic heterocycles. The van der Waals surface area contributed by atoms with Crippen molar-refractivity contribution in [3.63, 3.8) is 0 Å². The largest absolute Gasteiger partial charge is 0.371 e. The fraction of sp³-hybridized carbons (Fsp3) is 0.364. The number of anilines is 1. The van der Waals surface area contributed by atoms with E-state index in [0.717, 1.165) is 37.3 Å². The fourth-order valence-electron chi connectivity index (χ4n) is 3.86. The molecule has 1 aliphatic rings. The van der Waals surface area contributed by atoms with Gasteiger partial charge in [-0.2, -0.15) is 0 Å². The number of aromatic nitrogens is 2. The molecule has 0 aliphatic carbocycles. The van der Waals surface area contributed by atoms with Crippen LogP contribution in [0, 0.1) is 0 Å². The molecule has 6 nitrogen and oxygen atoms in total. The van der Waals surface area contributed by atoms with Gasteiger partial charge in [0.15, 0.2) is 0 Å². The number of urea groups is 1. The number of hydrogen-bond acceptors (Lipinski definition) is 3. The lowest BCUT2D eigenvalue weighted by molar-refractivity contribution is 0.206. The minimum Gasteiger partial charge on any atom is -0.371 e. The number of hydrogen-bond donors (Lipinski definition) is 1. The van der Waals surface area contributed by atoms with Crippen molar-refractivity contribution in [2.45, 2.75) is 25.8 Å². The highest BCUT2D eigenvalue weighted by Crippen LogP contribution is 2.26. The van der Waals surface area contributed by atoms with Crippen LogP contribution in [0.2, 0.25) is 0 Å². The summed E-state index contributed by atoms with van der Waals surface area (Å²) in [7, 11) is 1.82. The molecule has 1 aliphatic heterocycles. The molecule has 1 N–H and O–H groups in total. The predicted octanol–water partition coefficient (Wildman–Crippen LogP) is 3.32. The minimum atomic E-state index is -0.0510. The molecule has 146 valence electrons. The third-order valence-electron chi connectivity index (χ3n) is 5.33. The van der Waals surface area contributed by atoms with E-state index >= 15 is 0 Å². The number of nitrogens with one attached hydrogen (secondary N) is 1. The number of pyridine rings is 1. The molecular formula is C22H27N5O. The van der Waals surface area contributed by atoms with Gasteiger partial charge in [-0.05, 0) is 43.0 Å². The fourth-order valence-corrected chi connectivity index (χ4v) is 3.86. The minimum absolute atomic E-state index is 0.0510. The number of nitrogens with zero attached hydrogens (tertiary/aromatic N) is 4. The zero-order chi connectivity index (χ0) is 19.3. The monoisotopic (exact) mass is 377 g/mol. The Morgan fingerprint density at radius 2 is 2.07 bits per heavy atom. The lowest BCUT2D eigenvalue weighted by Gasteiger charge is -2.31. The first-order chi connectivity index (χ1) is 13.7. The van der Waals surface area contributed by atoms with E-state index in [2.05, 4.69) is 39.5 Å². The van der Waals surface area contributed by atoms with Crippen molar-refractivity contribution in [1.29, 1.82) is 0 Å². The van der Waals surface area contributed by atoms with Gasteiger partial charge in [-0.15, -0.1) is 0 Å². The van der Waals surface area contributed by atoms with Crippen molar-refractivity contribution in [3.8, 4) is 0 Å². The van der Waals surface area contributed by atoms with E-state index in [1.807, 2.05) is 42.0 Å². The summed E-state index contributed by atoms with van der Waals surface area (Å²) >= 11 is 0. The normalized spacial score (nSPS) is 13.4. The lowest BCUT2D eigenvalue weighted by atomic mass is 10.0. The number of aryl methyl sites for hydroxylation is 1. The number of carbonyl (C=O) groups is 1. The summed E-state index contributed by atoms with van der Waals surface area (Å²) < 4.78 is 2.01. The van der Waals surface area contributed by atoms with Crippen LogP contribution in [0.5, 0.6) is 0 Å². The molecule has 28 heavy (non-hydrogen) atoms. The van der Waals surface area contributed by atoms with E-state index in [4.69, 9.17) is 0 Å². The van der Waals surface area contributed by atoms with E-state index in [0.29, 0.717) is 13.1 Å². The number of rotatable bonds is 6. The number of fused-ring (bicyclic) bond motifs is 2. The Hall–Kier alpha value is -3.02. The molecule has 4 rings (SSSR count). The third kappa shape index (κ3) is 3.96.